The number of fused-ring (bicyclic) bond motifs is 1. The highest BCUT2D eigenvalue weighted by Gasteiger charge is 2.13. The number of carbonyl (C=O) groups is 1. The molecule has 1 aromatic heterocycles. The van der Waals surface area contributed by atoms with E-state index in [0.717, 1.165) is 27.1 Å². The smallest absolute Gasteiger partial charge is 0.251 e. The molecule has 5 nitrogen and oxygen atoms in total. The van der Waals surface area contributed by atoms with E-state index in [-0.39, 0.29) is 5.91 Å². The summed E-state index contributed by atoms with van der Waals surface area (Å²) >= 11 is 3.40. The minimum atomic E-state index is -0.134. The predicted molar refractivity (Wildman–Crippen MR) is 122 cm³/mol. The lowest BCUT2D eigenvalue weighted by molar-refractivity contribution is 0.0949. The lowest BCUT2D eigenvalue weighted by atomic mass is 10.2. The van der Waals surface area contributed by atoms with Gasteiger partial charge in [-0.2, -0.15) is 0 Å². The SMILES string of the molecule is Cc1ccc(OCCn2c(CNC(=O)c3cccc(Br)c3)nc3ccccc32)cc1. The quantitative estimate of drug-likeness (QED) is 0.413. The van der Waals surface area contributed by atoms with Gasteiger partial charge in [0, 0.05) is 10.0 Å². The number of para-hydroxylation sites is 2. The Morgan fingerprint density at radius 2 is 1.87 bits per heavy atom. The summed E-state index contributed by atoms with van der Waals surface area (Å²) in [6.45, 7) is 3.53. The van der Waals surface area contributed by atoms with Crippen molar-refractivity contribution in [3.63, 3.8) is 0 Å². The molecule has 152 valence electrons. The summed E-state index contributed by atoms with van der Waals surface area (Å²) in [5, 5.41) is 2.97. The van der Waals surface area contributed by atoms with E-state index in [0.29, 0.717) is 25.3 Å². The number of nitrogens with one attached hydrogen (secondary N) is 1. The van der Waals surface area contributed by atoms with Gasteiger partial charge in [0.05, 0.1) is 24.1 Å². The number of rotatable bonds is 7. The Morgan fingerprint density at radius 1 is 1.07 bits per heavy atom. The first-order valence-electron chi connectivity index (χ1n) is 9.77. The molecule has 1 N–H and O–H groups in total. The third-order valence-electron chi connectivity index (χ3n) is 4.83. The van der Waals surface area contributed by atoms with Gasteiger partial charge in [0.2, 0.25) is 0 Å². The molecule has 3 aromatic carbocycles. The summed E-state index contributed by atoms with van der Waals surface area (Å²) in [4.78, 5) is 17.2. The zero-order valence-electron chi connectivity index (χ0n) is 16.6. The van der Waals surface area contributed by atoms with Crippen LogP contribution in [0.25, 0.3) is 11.0 Å². The first kappa shape index (κ1) is 20.2. The van der Waals surface area contributed by atoms with Crippen molar-refractivity contribution >= 4 is 32.9 Å². The zero-order chi connectivity index (χ0) is 20.9. The van der Waals surface area contributed by atoms with E-state index in [9.17, 15) is 4.79 Å². The second-order valence-corrected chi connectivity index (χ2v) is 7.94. The van der Waals surface area contributed by atoms with Gasteiger partial charge in [-0.3, -0.25) is 4.79 Å². The van der Waals surface area contributed by atoms with E-state index in [1.54, 1.807) is 12.1 Å². The van der Waals surface area contributed by atoms with Crippen LogP contribution in [0.15, 0.2) is 77.3 Å². The van der Waals surface area contributed by atoms with E-state index < -0.39 is 0 Å². The summed E-state index contributed by atoms with van der Waals surface area (Å²) in [5.41, 5.74) is 3.73. The maximum absolute atomic E-state index is 12.5. The molecule has 0 saturated heterocycles. The molecule has 4 aromatic rings. The highest BCUT2D eigenvalue weighted by molar-refractivity contribution is 9.10. The van der Waals surface area contributed by atoms with Crippen LogP contribution in [0.5, 0.6) is 5.75 Å². The average molecular weight is 464 g/mol. The van der Waals surface area contributed by atoms with Gasteiger partial charge in [-0.15, -0.1) is 0 Å². The average Bonchev–Trinajstić information content (AvgIpc) is 3.11. The largest absolute Gasteiger partial charge is 0.492 e. The molecule has 0 spiro atoms. The van der Waals surface area contributed by atoms with Gasteiger partial charge in [0.1, 0.15) is 18.2 Å². The molecule has 0 bridgehead atoms. The number of ether oxygens (including phenoxy) is 1. The van der Waals surface area contributed by atoms with Gasteiger partial charge in [-0.1, -0.05) is 51.8 Å². The number of amides is 1. The van der Waals surface area contributed by atoms with Gasteiger partial charge in [0.25, 0.3) is 5.91 Å². The molecule has 0 aliphatic rings. The van der Waals surface area contributed by atoms with E-state index >= 15 is 0 Å². The van der Waals surface area contributed by atoms with Crippen molar-refractivity contribution in [2.45, 2.75) is 20.0 Å². The Bertz CT molecular complexity index is 1170. The maximum Gasteiger partial charge on any atom is 0.251 e. The predicted octanol–water partition coefficient (Wildman–Crippen LogP) is 5.12. The van der Waals surface area contributed by atoms with Crippen LogP contribution in [0.3, 0.4) is 0 Å². The lowest BCUT2D eigenvalue weighted by Gasteiger charge is -2.12. The van der Waals surface area contributed by atoms with E-state index in [1.807, 2.05) is 60.7 Å². The van der Waals surface area contributed by atoms with Crippen LogP contribution in [0.4, 0.5) is 0 Å². The number of aryl methyl sites for hydroxylation is 1. The van der Waals surface area contributed by atoms with E-state index in [4.69, 9.17) is 9.72 Å². The van der Waals surface area contributed by atoms with Gasteiger partial charge < -0.3 is 14.6 Å². The fourth-order valence-electron chi connectivity index (χ4n) is 3.29. The van der Waals surface area contributed by atoms with Gasteiger partial charge in [-0.25, -0.2) is 4.98 Å². The van der Waals surface area contributed by atoms with Gasteiger partial charge >= 0.3 is 0 Å². The minimum absolute atomic E-state index is 0.134. The molecule has 0 radical (unpaired) electrons. The fraction of sp³-hybridized carbons (Fsp3) is 0.167. The molecule has 1 amide bonds. The molecule has 0 unspecified atom stereocenters. The summed E-state index contributed by atoms with van der Waals surface area (Å²) in [7, 11) is 0. The molecular weight excluding hydrogens is 442 g/mol. The number of benzene rings is 3. The van der Waals surface area contributed by atoms with Crippen LogP contribution in [-0.4, -0.2) is 22.1 Å². The summed E-state index contributed by atoms with van der Waals surface area (Å²) in [5.74, 6) is 1.51. The van der Waals surface area contributed by atoms with Crippen molar-refractivity contribution in [2.75, 3.05) is 6.61 Å². The van der Waals surface area contributed by atoms with E-state index in [1.165, 1.54) is 5.56 Å². The normalized spacial score (nSPS) is 10.9. The molecule has 30 heavy (non-hydrogen) atoms. The summed E-state index contributed by atoms with van der Waals surface area (Å²) in [6, 6.07) is 23.3. The second kappa shape index (κ2) is 9.13. The zero-order valence-corrected chi connectivity index (χ0v) is 18.2. The highest BCUT2D eigenvalue weighted by Crippen LogP contribution is 2.18. The number of aromatic nitrogens is 2. The standard InChI is InChI=1S/C24H22BrN3O2/c1-17-9-11-20(12-10-17)30-14-13-28-22-8-3-2-7-21(22)27-23(28)16-26-24(29)18-5-4-6-19(25)15-18/h2-12,15H,13-14,16H2,1H3,(H,26,29). The number of hydrogen-bond acceptors (Lipinski definition) is 3. The van der Waals surface area contributed by atoms with Crippen molar-refractivity contribution in [3.05, 3.63) is 94.2 Å². The van der Waals surface area contributed by atoms with Crippen LogP contribution in [0, 0.1) is 6.92 Å². The van der Waals surface area contributed by atoms with Crippen LogP contribution >= 0.6 is 15.9 Å². The topological polar surface area (TPSA) is 56.1 Å². The number of hydrogen-bond donors (Lipinski definition) is 1. The van der Waals surface area contributed by atoms with Crippen molar-refractivity contribution in [1.29, 1.82) is 0 Å². The minimum Gasteiger partial charge on any atom is -0.492 e. The fourth-order valence-corrected chi connectivity index (χ4v) is 3.69. The van der Waals surface area contributed by atoms with Crippen LogP contribution in [0.1, 0.15) is 21.7 Å². The molecular formula is C24H22BrN3O2. The molecule has 0 atom stereocenters. The van der Waals surface area contributed by atoms with Gasteiger partial charge in [0.15, 0.2) is 0 Å². The number of imidazole rings is 1. The third kappa shape index (κ3) is 4.71. The first-order valence-corrected chi connectivity index (χ1v) is 10.6. The van der Waals surface area contributed by atoms with Crippen molar-refractivity contribution in [1.82, 2.24) is 14.9 Å². The molecule has 6 heteroatoms. The van der Waals surface area contributed by atoms with Crippen LogP contribution in [0.2, 0.25) is 0 Å². The number of nitrogens with zero attached hydrogens (tertiary/aromatic N) is 2. The third-order valence-corrected chi connectivity index (χ3v) is 5.33. The molecule has 0 fully saturated rings. The molecule has 4 rings (SSSR count). The Morgan fingerprint density at radius 3 is 2.67 bits per heavy atom. The Kier molecular flexibility index (Phi) is 6.14. The van der Waals surface area contributed by atoms with Crippen LogP contribution < -0.4 is 10.1 Å². The van der Waals surface area contributed by atoms with Crippen LogP contribution in [-0.2, 0) is 13.1 Å². The lowest BCUT2D eigenvalue weighted by Crippen LogP contribution is -2.25. The summed E-state index contributed by atoms with van der Waals surface area (Å²) in [6.07, 6.45) is 0. The van der Waals surface area contributed by atoms with Crippen molar-refractivity contribution in [2.24, 2.45) is 0 Å². The molecule has 1 heterocycles. The number of carbonyl (C=O) groups excluding carboxylic acids is 1. The first-order chi connectivity index (χ1) is 14.6. The molecule has 0 aliphatic carbocycles. The summed E-state index contributed by atoms with van der Waals surface area (Å²) < 4.78 is 8.88. The molecule has 0 aliphatic heterocycles. The maximum atomic E-state index is 12.5. The monoisotopic (exact) mass is 463 g/mol. The Balaban J connectivity index is 1.48. The Labute approximate surface area is 183 Å². The van der Waals surface area contributed by atoms with E-state index in [2.05, 4.69) is 32.7 Å². The van der Waals surface area contributed by atoms with Crippen molar-refractivity contribution in [3.8, 4) is 5.75 Å². The Hall–Kier alpha value is -3.12. The van der Waals surface area contributed by atoms with Gasteiger partial charge in [-0.05, 0) is 49.4 Å². The number of halogens is 1. The second-order valence-electron chi connectivity index (χ2n) is 7.02. The molecule has 0 saturated carbocycles. The highest BCUT2D eigenvalue weighted by atomic mass is 79.9. The van der Waals surface area contributed by atoms with Crippen molar-refractivity contribution < 1.29 is 9.53 Å².